The Morgan fingerprint density at radius 1 is 1.47 bits per heavy atom. The number of nitrogen functional groups attached to an aromatic ring is 1. The van der Waals surface area contributed by atoms with Gasteiger partial charge in [0, 0.05) is 11.1 Å². The van der Waals surface area contributed by atoms with E-state index in [4.69, 9.17) is 17.3 Å². The van der Waals surface area contributed by atoms with E-state index in [-0.39, 0.29) is 27.9 Å². The molecule has 98 valence electrons. The van der Waals surface area contributed by atoms with E-state index in [0.29, 0.717) is 0 Å². The summed E-state index contributed by atoms with van der Waals surface area (Å²) < 4.78 is 4.26. The number of nitro benzene ring substituents is 1. The Labute approximate surface area is 110 Å². The van der Waals surface area contributed by atoms with Crippen molar-refractivity contribution in [2.24, 2.45) is 0 Å². The number of halogens is 1. The highest BCUT2D eigenvalue weighted by Gasteiger charge is 2.21. The van der Waals surface area contributed by atoms with Crippen LogP contribution in [-0.4, -0.2) is 21.1 Å². The molecule has 0 saturated carbocycles. The summed E-state index contributed by atoms with van der Waals surface area (Å²) in [7, 11) is 0. The monoisotopic (exact) mass is 283 g/mol. The lowest BCUT2D eigenvalue weighted by molar-refractivity contribution is -0.383. The molecule has 0 aliphatic heterocycles. The highest BCUT2D eigenvalue weighted by molar-refractivity contribution is 6.31. The summed E-state index contributed by atoms with van der Waals surface area (Å²) in [6.07, 6.45) is 0. The summed E-state index contributed by atoms with van der Waals surface area (Å²) in [5.41, 5.74) is 4.67. The second-order valence-corrected chi connectivity index (χ2v) is 3.81. The van der Waals surface area contributed by atoms with E-state index < -0.39 is 10.8 Å². The number of hydrogen-bond donors (Lipinski definition) is 2. The largest absolute Gasteiger partial charge is 0.379 e. The second-order valence-electron chi connectivity index (χ2n) is 3.37. The number of nitrogens with one attached hydrogen (secondary N) is 1. The molecule has 2 aromatic rings. The number of amides is 1. The Balaban J connectivity index is 2.33. The predicted octanol–water partition coefficient (Wildman–Crippen LogP) is 1.47. The van der Waals surface area contributed by atoms with Crippen LogP contribution in [0.1, 0.15) is 10.5 Å². The molecule has 2 rings (SSSR count). The minimum Gasteiger partial charge on any atom is -0.379 e. The molecule has 0 aliphatic rings. The third-order valence-electron chi connectivity index (χ3n) is 2.13. The van der Waals surface area contributed by atoms with Gasteiger partial charge in [-0.1, -0.05) is 11.6 Å². The van der Waals surface area contributed by atoms with E-state index in [1.807, 2.05) is 0 Å². The van der Waals surface area contributed by atoms with E-state index in [1.165, 1.54) is 18.2 Å². The van der Waals surface area contributed by atoms with Crippen molar-refractivity contribution in [3.63, 3.8) is 0 Å². The van der Waals surface area contributed by atoms with Crippen molar-refractivity contribution in [2.45, 2.75) is 0 Å². The fourth-order valence-corrected chi connectivity index (χ4v) is 1.47. The second kappa shape index (κ2) is 4.90. The number of nitrogens with two attached hydrogens (primary N) is 1. The molecule has 1 amide bonds. The zero-order valence-corrected chi connectivity index (χ0v) is 9.92. The molecule has 0 fully saturated rings. The van der Waals surface area contributed by atoms with Gasteiger partial charge in [0.05, 0.1) is 4.92 Å². The van der Waals surface area contributed by atoms with Crippen LogP contribution in [0.25, 0.3) is 0 Å². The molecule has 0 atom stereocenters. The minimum absolute atomic E-state index is 0.0788. The van der Waals surface area contributed by atoms with Crippen molar-refractivity contribution in [2.75, 3.05) is 11.1 Å². The number of hydrogen-bond acceptors (Lipinski definition) is 7. The first-order chi connectivity index (χ1) is 8.99. The molecular weight excluding hydrogens is 278 g/mol. The number of nitrogens with zero attached hydrogens (tertiary/aromatic N) is 3. The fourth-order valence-electron chi connectivity index (χ4n) is 1.30. The van der Waals surface area contributed by atoms with Crippen LogP contribution in [-0.2, 0) is 0 Å². The van der Waals surface area contributed by atoms with Crippen molar-refractivity contribution in [3.05, 3.63) is 39.0 Å². The van der Waals surface area contributed by atoms with Gasteiger partial charge < -0.3 is 11.1 Å². The molecule has 0 aliphatic carbocycles. The van der Waals surface area contributed by atoms with Crippen LogP contribution >= 0.6 is 11.6 Å². The first-order valence-corrected chi connectivity index (χ1v) is 5.20. The molecular formula is C9H6ClN5O4. The van der Waals surface area contributed by atoms with Crippen molar-refractivity contribution < 1.29 is 14.3 Å². The standard InChI is InChI=1S/C9H6ClN5O4/c10-4-1-2-6(15(17)18)5(3-4)12-9(16)7-8(11)14-19-13-7/h1-3H,(H2,11,14)(H,12,16). The van der Waals surface area contributed by atoms with Gasteiger partial charge in [-0.05, 0) is 22.4 Å². The Morgan fingerprint density at radius 2 is 2.21 bits per heavy atom. The molecule has 19 heavy (non-hydrogen) atoms. The van der Waals surface area contributed by atoms with Gasteiger partial charge in [0.2, 0.25) is 11.5 Å². The van der Waals surface area contributed by atoms with Gasteiger partial charge in [0.15, 0.2) is 0 Å². The Bertz CT molecular complexity index is 656. The van der Waals surface area contributed by atoms with Gasteiger partial charge in [0.25, 0.3) is 11.6 Å². The molecule has 1 aromatic carbocycles. The van der Waals surface area contributed by atoms with Gasteiger partial charge in [-0.3, -0.25) is 14.9 Å². The van der Waals surface area contributed by atoms with Crippen LogP contribution in [0.3, 0.4) is 0 Å². The average molecular weight is 284 g/mol. The maximum Gasteiger partial charge on any atom is 0.292 e. The average Bonchev–Trinajstić information content (AvgIpc) is 2.75. The summed E-state index contributed by atoms with van der Waals surface area (Å²) in [6.45, 7) is 0. The van der Waals surface area contributed by atoms with Crippen LogP contribution in [0.2, 0.25) is 5.02 Å². The number of benzene rings is 1. The van der Waals surface area contributed by atoms with Crippen LogP contribution in [0.5, 0.6) is 0 Å². The van der Waals surface area contributed by atoms with E-state index in [1.54, 1.807) is 0 Å². The number of nitro groups is 1. The van der Waals surface area contributed by atoms with Gasteiger partial charge in [-0.2, -0.15) is 0 Å². The van der Waals surface area contributed by atoms with Crippen molar-refractivity contribution in [1.29, 1.82) is 0 Å². The van der Waals surface area contributed by atoms with Crippen molar-refractivity contribution >= 4 is 34.7 Å². The lowest BCUT2D eigenvalue weighted by atomic mass is 10.2. The summed E-state index contributed by atoms with van der Waals surface area (Å²) in [4.78, 5) is 21.9. The van der Waals surface area contributed by atoms with Crippen molar-refractivity contribution in [1.82, 2.24) is 10.3 Å². The molecule has 0 bridgehead atoms. The molecule has 0 spiro atoms. The molecule has 1 heterocycles. The Morgan fingerprint density at radius 3 is 2.79 bits per heavy atom. The van der Waals surface area contributed by atoms with Gasteiger partial charge in [-0.25, -0.2) is 4.63 Å². The highest BCUT2D eigenvalue weighted by atomic mass is 35.5. The lowest BCUT2D eigenvalue weighted by Crippen LogP contribution is -2.15. The molecule has 0 unspecified atom stereocenters. The zero-order valence-electron chi connectivity index (χ0n) is 9.16. The SMILES string of the molecule is Nc1nonc1C(=O)Nc1cc(Cl)ccc1[N+](=O)[O-]. The maximum atomic E-state index is 11.8. The quantitative estimate of drug-likeness (QED) is 0.642. The maximum absolute atomic E-state index is 11.8. The molecule has 1 aromatic heterocycles. The first-order valence-electron chi connectivity index (χ1n) is 4.82. The topological polar surface area (TPSA) is 137 Å². The van der Waals surface area contributed by atoms with Crippen molar-refractivity contribution in [3.8, 4) is 0 Å². The highest BCUT2D eigenvalue weighted by Crippen LogP contribution is 2.28. The molecule has 0 radical (unpaired) electrons. The molecule has 10 heteroatoms. The number of carbonyl (C=O) groups excluding carboxylic acids is 1. The summed E-state index contributed by atoms with van der Waals surface area (Å²) in [6, 6.07) is 3.74. The number of rotatable bonds is 3. The predicted molar refractivity (Wildman–Crippen MR) is 64.8 cm³/mol. The number of anilines is 2. The first kappa shape index (κ1) is 12.8. The smallest absolute Gasteiger partial charge is 0.292 e. The number of carbonyl (C=O) groups is 1. The van der Waals surface area contributed by atoms with Gasteiger partial charge in [-0.15, -0.1) is 0 Å². The van der Waals surface area contributed by atoms with E-state index in [9.17, 15) is 14.9 Å². The summed E-state index contributed by atoms with van der Waals surface area (Å²) >= 11 is 5.72. The van der Waals surface area contributed by atoms with E-state index in [2.05, 4.69) is 20.3 Å². The molecule has 0 saturated heterocycles. The normalized spacial score (nSPS) is 10.2. The molecule has 3 N–H and O–H groups in total. The third-order valence-corrected chi connectivity index (χ3v) is 2.37. The minimum atomic E-state index is -0.788. The summed E-state index contributed by atoms with van der Waals surface area (Å²) in [5.74, 6) is -1.01. The van der Waals surface area contributed by atoms with Gasteiger partial charge >= 0.3 is 0 Å². The zero-order chi connectivity index (χ0) is 14.0. The summed E-state index contributed by atoms with van der Waals surface area (Å²) in [5, 5.41) is 19.8. The third kappa shape index (κ3) is 2.60. The molecule has 9 nitrogen and oxygen atoms in total. The lowest BCUT2D eigenvalue weighted by Gasteiger charge is -2.04. The van der Waals surface area contributed by atoms with Crippen LogP contribution in [0.15, 0.2) is 22.8 Å². The van der Waals surface area contributed by atoms with E-state index >= 15 is 0 Å². The Hall–Kier alpha value is -2.68. The number of aromatic nitrogens is 2. The fraction of sp³-hybridized carbons (Fsp3) is 0. The van der Waals surface area contributed by atoms with Crippen LogP contribution in [0.4, 0.5) is 17.2 Å². The van der Waals surface area contributed by atoms with Gasteiger partial charge in [0.1, 0.15) is 5.69 Å². The van der Waals surface area contributed by atoms with E-state index in [0.717, 1.165) is 0 Å². The van der Waals surface area contributed by atoms with Crippen LogP contribution < -0.4 is 11.1 Å². The van der Waals surface area contributed by atoms with Crippen LogP contribution in [0, 0.1) is 10.1 Å². The Kier molecular flexibility index (Phi) is 3.29.